The Morgan fingerprint density at radius 1 is 1.10 bits per heavy atom. The van der Waals surface area contributed by atoms with Crippen LogP contribution in [0.25, 0.3) is 0 Å². The first-order chi connectivity index (χ1) is 13.8. The van der Waals surface area contributed by atoms with E-state index in [1.54, 1.807) is 29.2 Å². The third kappa shape index (κ3) is 6.79. The summed E-state index contributed by atoms with van der Waals surface area (Å²) in [5.41, 5.74) is 2.09. The van der Waals surface area contributed by atoms with Crippen molar-refractivity contribution in [2.24, 2.45) is 0 Å². The lowest BCUT2D eigenvalue weighted by Gasteiger charge is -2.31. The number of carbonyl (C=O) groups excluding carboxylic acids is 2. The zero-order valence-corrected chi connectivity index (χ0v) is 18.2. The van der Waals surface area contributed by atoms with Gasteiger partial charge in [-0.25, -0.2) is 0 Å². The fourth-order valence-corrected chi connectivity index (χ4v) is 3.16. The van der Waals surface area contributed by atoms with Gasteiger partial charge < -0.3 is 15.0 Å². The number of para-hydroxylation sites is 1. The van der Waals surface area contributed by atoms with Crippen molar-refractivity contribution in [2.75, 3.05) is 6.61 Å². The normalized spacial score (nSPS) is 11.8. The maximum absolute atomic E-state index is 13.1. The first kappa shape index (κ1) is 22.8. The smallest absolute Gasteiger partial charge is 0.261 e. The van der Waals surface area contributed by atoms with E-state index in [9.17, 15) is 9.59 Å². The third-order valence-corrected chi connectivity index (χ3v) is 4.79. The van der Waals surface area contributed by atoms with Gasteiger partial charge in [0.05, 0.1) is 5.02 Å². The van der Waals surface area contributed by atoms with E-state index in [0.29, 0.717) is 23.7 Å². The van der Waals surface area contributed by atoms with Crippen molar-refractivity contribution >= 4 is 23.4 Å². The summed E-state index contributed by atoms with van der Waals surface area (Å²) in [5.74, 6) is 0.00874. The lowest BCUT2D eigenvalue weighted by atomic mass is 10.1. The van der Waals surface area contributed by atoms with Crippen molar-refractivity contribution in [3.05, 3.63) is 64.7 Å². The van der Waals surface area contributed by atoms with E-state index in [0.717, 1.165) is 11.1 Å². The van der Waals surface area contributed by atoms with Gasteiger partial charge in [0.15, 0.2) is 6.61 Å². The Morgan fingerprint density at radius 2 is 1.76 bits per heavy atom. The fraction of sp³-hybridized carbons (Fsp3) is 0.391. The molecule has 0 unspecified atom stereocenters. The maximum Gasteiger partial charge on any atom is 0.261 e. The first-order valence-electron chi connectivity index (χ1n) is 9.84. The molecule has 0 spiro atoms. The van der Waals surface area contributed by atoms with Gasteiger partial charge in [-0.15, -0.1) is 0 Å². The second-order valence-corrected chi connectivity index (χ2v) is 7.72. The van der Waals surface area contributed by atoms with Crippen LogP contribution in [0.2, 0.25) is 5.02 Å². The molecule has 0 bridgehead atoms. The van der Waals surface area contributed by atoms with E-state index in [1.165, 1.54) is 0 Å². The highest BCUT2D eigenvalue weighted by Gasteiger charge is 2.29. The molecule has 1 N–H and O–H groups in total. The number of nitrogens with zero attached hydrogens (tertiary/aromatic N) is 1. The van der Waals surface area contributed by atoms with Crippen LogP contribution in [0.1, 0.15) is 38.3 Å². The minimum Gasteiger partial charge on any atom is -0.482 e. The molecular formula is C23H29ClN2O3. The predicted octanol–water partition coefficient (Wildman–Crippen LogP) is 4.36. The minimum absolute atomic E-state index is 0.00717. The summed E-state index contributed by atoms with van der Waals surface area (Å²) in [6, 6.07) is 14.3. The molecule has 156 valence electrons. The topological polar surface area (TPSA) is 58.6 Å². The second kappa shape index (κ2) is 10.9. The quantitative estimate of drug-likeness (QED) is 0.660. The second-order valence-electron chi connectivity index (χ2n) is 7.31. The zero-order valence-electron chi connectivity index (χ0n) is 17.4. The third-order valence-electron chi connectivity index (χ3n) is 4.48. The van der Waals surface area contributed by atoms with Crippen LogP contribution in [0.5, 0.6) is 5.75 Å². The molecule has 0 saturated carbocycles. The Labute approximate surface area is 178 Å². The molecule has 29 heavy (non-hydrogen) atoms. The van der Waals surface area contributed by atoms with Crippen LogP contribution in [0.4, 0.5) is 0 Å². The lowest BCUT2D eigenvalue weighted by molar-refractivity contribution is -0.143. The number of amides is 2. The van der Waals surface area contributed by atoms with Gasteiger partial charge in [-0.1, -0.05) is 60.5 Å². The molecule has 0 aliphatic heterocycles. The first-order valence-corrected chi connectivity index (χ1v) is 10.2. The van der Waals surface area contributed by atoms with E-state index in [4.69, 9.17) is 16.3 Å². The van der Waals surface area contributed by atoms with Crippen molar-refractivity contribution in [3.8, 4) is 5.75 Å². The molecule has 2 rings (SSSR count). The molecule has 0 aliphatic rings. The van der Waals surface area contributed by atoms with E-state index in [-0.39, 0.29) is 24.5 Å². The molecule has 0 radical (unpaired) electrons. The van der Waals surface area contributed by atoms with Crippen molar-refractivity contribution in [3.63, 3.8) is 0 Å². The molecule has 5 nitrogen and oxygen atoms in total. The Balaban J connectivity index is 2.21. The highest BCUT2D eigenvalue weighted by Crippen LogP contribution is 2.23. The molecule has 0 aromatic heterocycles. The largest absolute Gasteiger partial charge is 0.482 e. The van der Waals surface area contributed by atoms with Crippen LogP contribution < -0.4 is 10.1 Å². The van der Waals surface area contributed by atoms with Crippen molar-refractivity contribution in [2.45, 2.75) is 52.7 Å². The molecule has 6 heteroatoms. The number of halogens is 1. The molecule has 2 amide bonds. The van der Waals surface area contributed by atoms with Crippen LogP contribution in [-0.4, -0.2) is 35.4 Å². The van der Waals surface area contributed by atoms with E-state index in [2.05, 4.69) is 5.32 Å². The van der Waals surface area contributed by atoms with Crippen LogP contribution in [0, 0.1) is 6.92 Å². The molecule has 0 heterocycles. The molecule has 2 aromatic rings. The number of rotatable bonds is 9. The SMILES string of the molecule is CC[C@H](C(=O)NC(C)C)N(Cc1ccc(C)cc1)C(=O)COc1ccccc1Cl. The summed E-state index contributed by atoms with van der Waals surface area (Å²) >= 11 is 6.12. The summed E-state index contributed by atoms with van der Waals surface area (Å²) < 4.78 is 5.64. The number of benzene rings is 2. The standard InChI is InChI=1S/C23H29ClN2O3/c1-5-20(23(28)25-16(2)3)26(14-18-12-10-17(4)11-13-18)22(27)15-29-21-9-7-6-8-19(21)24/h6-13,16,20H,5,14-15H2,1-4H3,(H,25,28)/t20-/m1/s1. The van der Waals surface area contributed by atoms with Gasteiger partial charge in [0.2, 0.25) is 5.91 Å². The number of hydrogen-bond donors (Lipinski definition) is 1. The summed E-state index contributed by atoms with van der Waals surface area (Å²) in [5, 5.41) is 3.35. The Kier molecular flexibility index (Phi) is 8.52. The number of nitrogens with one attached hydrogen (secondary N) is 1. The van der Waals surface area contributed by atoms with Gasteiger partial charge in [-0.05, 0) is 44.9 Å². The van der Waals surface area contributed by atoms with E-state index < -0.39 is 6.04 Å². The zero-order chi connectivity index (χ0) is 21.4. The van der Waals surface area contributed by atoms with E-state index in [1.807, 2.05) is 52.0 Å². The number of ether oxygens (including phenoxy) is 1. The predicted molar refractivity (Wildman–Crippen MR) is 116 cm³/mol. The van der Waals surface area contributed by atoms with E-state index >= 15 is 0 Å². The molecule has 0 aliphatic carbocycles. The van der Waals surface area contributed by atoms with Gasteiger partial charge in [0.1, 0.15) is 11.8 Å². The Bertz CT molecular complexity index is 821. The summed E-state index contributed by atoms with van der Waals surface area (Å²) in [6.07, 6.45) is 0.502. The van der Waals surface area contributed by atoms with Gasteiger partial charge in [-0.3, -0.25) is 9.59 Å². The molecule has 2 aromatic carbocycles. The summed E-state index contributed by atoms with van der Waals surface area (Å²) in [7, 11) is 0. The highest BCUT2D eigenvalue weighted by atomic mass is 35.5. The van der Waals surface area contributed by atoms with Crippen molar-refractivity contribution in [1.82, 2.24) is 10.2 Å². The number of aryl methyl sites for hydroxylation is 1. The average molecular weight is 417 g/mol. The van der Waals surface area contributed by atoms with Crippen molar-refractivity contribution in [1.29, 1.82) is 0 Å². The van der Waals surface area contributed by atoms with Gasteiger partial charge in [-0.2, -0.15) is 0 Å². The molecule has 1 atom stereocenters. The van der Waals surface area contributed by atoms with Crippen molar-refractivity contribution < 1.29 is 14.3 Å². The lowest BCUT2D eigenvalue weighted by Crippen LogP contribution is -2.51. The molecule has 0 saturated heterocycles. The van der Waals surface area contributed by atoms with Gasteiger partial charge in [0.25, 0.3) is 5.91 Å². The fourth-order valence-electron chi connectivity index (χ4n) is 2.97. The Hall–Kier alpha value is -2.53. The summed E-state index contributed by atoms with van der Waals surface area (Å²) in [4.78, 5) is 27.4. The Morgan fingerprint density at radius 3 is 2.34 bits per heavy atom. The van der Waals surface area contributed by atoms with Gasteiger partial charge in [0, 0.05) is 12.6 Å². The van der Waals surface area contributed by atoms with Gasteiger partial charge >= 0.3 is 0 Å². The molecule has 0 fully saturated rings. The number of hydrogen-bond acceptors (Lipinski definition) is 3. The maximum atomic E-state index is 13.1. The highest BCUT2D eigenvalue weighted by molar-refractivity contribution is 6.32. The monoisotopic (exact) mass is 416 g/mol. The van der Waals surface area contributed by atoms with Crippen LogP contribution in [-0.2, 0) is 16.1 Å². The van der Waals surface area contributed by atoms with Crippen LogP contribution >= 0.6 is 11.6 Å². The van der Waals surface area contributed by atoms with Crippen LogP contribution in [0.15, 0.2) is 48.5 Å². The summed E-state index contributed by atoms with van der Waals surface area (Å²) in [6.45, 7) is 7.84. The van der Waals surface area contributed by atoms with Crippen LogP contribution in [0.3, 0.4) is 0 Å². The number of carbonyl (C=O) groups is 2. The average Bonchev–Trinajstić information content (AvgIpc) is 2.68. The minimum atomic E-state index is -0.582. The molecular weight excluding hydrogens is 388 g/mol.